The number of hydrogen-bond acceptors (Lipinski definition) is 4. The first-order valence-corrected chi connectivity index (χ1v) is 7.41. The molecule has 0 aliphatic carbocycles. The summed E-state index contributed by atoms with van der Waals surface area (Å²) in [6, 6.07) is 1.96. The summed E-state index contributed by atoms with van der Waals surface area (Å²) in [4.78, 5) is 0. The molecule has 3 heterocycles. The first kappa shape index (κ1) is 14.1. The van der Waals surface area contributed by atoms with Crippen LogP contribution in [0, 0.1) is 0 Å². The number of aromatic nitrogens is 2. The van der Waals surface area contributed by atoms with Gasteiger partial charge in [0.1, 0.15) is 6.23 Å². The lowest BCUT2D eigenvalue weighted by molar-refractivity contribution is -0.0379. The van der Waals surface area contributed by atoms with E-state index in [2.05, 4.69) is 32.8 Å². The van der Waals surface area contributed by atoms with Gasteiger partial charge in [-0.15, -0.1) is 0 Å². The third-order valence-corrected chi connectivity index (χ3v) is 4.62. The van der Waals surface area contributed by atoms with Crippen molar-refractivity contribution in [2.45, 2.75) is 64.4 Å². The highest BCUT2D eigenvalue weighted by Crippen LogP contribution is 2.36. The monoisotopic (exact) mass is 278 g/mol. The van der Waals surface area contributed by atoms with Crippen molar-refractivity contribution < 1.29 is 14.0 Å². The van der Waals surface area contributed by atoms with E-state index in [0.29, 0.717) is 0 Å². The van der Waals surface area contributed by atoms with Gasteiger partial charge in [-0.3, -0.25) is 0 Å². The normalized spacial score (nSPS) is 28.8. The summed E-state index contributed by atoms with van der Waals surface area (Å²) < 4.78 is 19.9. The third-order valence-electron chi connectivity index (χ3n) is 4.62. The molecule has 20 heavy (non-hydrogen) atoms. The fourth-order valence-corrected chi connectivity index (χ4v) is 2.63. The molecule has 0 unspecified atom stereocenters. The van der Waals surface area contributed by atoms with Gasteiger partial charge in [-0.1, -0.05) is 0 Å². The molecule has 2 aliphatic heterocycles. The van der Waals surface area contributed by atoms with E-state index in [9.17, 15) is 0 Å². The lowest BCUT2D eigenvalue weighted by Gasteiger charge is -2.32. The highest BCUT2D eigenvalue weighted by molar-refractivity contribution is 6.61. The van der Waals surface area contributed by atoms with Gasteiger partial charge in [-0.25, -0.2) is 4.68 Å². The van der Waals surface area contributed by atoms with Crippen LogP contribution < -0.4 is 5.59 Å². The van der Waals surface area contributed by atoms with Crippen molar-refractivity contribution in [2.24, 2.45) is 0 Å². The van der Waals surface area contributed by atoms with Crippen molar-refractivity contribution in [3.8, 4) is 0 Å². The first-order chi connectivity index (χ1) is 9.41. The number of ether oxygens (including phenoxy) is 1. The summed E-state index contributed by atoms with van der Waals surface area (Å²) in [5, 5.41) is 4.41. The Morgan fingerprint density at radius 1 is 1.20 bits per heavy atom. The molecule has 0 radical (unpaired) electrons. The van der Waals surface area contributed by atoms with E-state index in [1.54, 1.807) is 6.20 Å². The molecule has 0 saturated carbocycles. The Labute approximate surface area is 120 Å². The van der Waals surface area contributed by atoms with E-state index in [-0.39, 0.29) is 24.5 Å². The summed E-state index contributed by atoms with van der Waals surface area (Å²) in [6.45, 7) is 9.04. The average Bonchev–Trinajstić information content (AvgIpc) is 2.94. The maximum Gasteiger partial charge on any atom is 0.514 e. The maximum absolute atomic E-state index is 6.10. The molecular formula is C14H23BN2O3. The molecule has 5 nitrogen and oxygen atoms in total. The molecule has 0 amide bonds. The molecule has 0 spiro atoms. The average molecular weight is 278 g/mol. The molecule has 1 aromatic heterocycles. The van der Waals surface area contributed by atoms with Gasteiger partial charge >= 0.3 is 7.12 Å². The second-order valence-corrected chi connectivity index (χ2v) is 6.61. The zero-order chi connectivity index (χ0) is 14.4. The topological polar surface area (TPSA) is 45.5 Å². The Hall–Kier alpha value is -0.845. The Balaban J connectivity index is 1.84. The van der Waals surface area contributed by atoms with Crippen molar-refractivity contribution in [3.05, 3.63) is 12.3 Å². The molecule has 2 saturated heterocycles. The zero-order valence-electron chi connectivity index (χ0n) is 12.8. The highest BCUT2D eigenvalue weighted by atomic mass is 16.7. The van der Waals surface area contributed by atoms with Gasteiger partial charge in [-0.2, -0.15) is 5.10 Å². The van der Waals surface area contributed by atoms with Crippen molar-refractivity contribution >= 4 is 12.7 Å². The molecule has 0 N–H and O–H groups in total. The third kappa shape index (κ3) is 2.30. The van der Waals surface area contributed by atoms with E-state index in [1.807, 2.05) is 10.7 Å². The molecule has 0 aromatic carbocycles. The Morgan fingerprint density at radius 2 is 1.90 bits per heavy atom. The SMILES string of the molecule is CC1(C)OB(c2ccnn2[C@@H]2CCCCO2)OC1(C)C. The van der Waals surface area contributed by atoms with Crippen LogP contribution in [0.3, 0.4) is 0 Å². The molecule has 2 fully saturated rings. The number of hydrogen-bond donors (Lipinski definition) is 0. The van der Waals surface area contributed by atoms with E-state index < -0.39 is 0 Å². The standard InChI is InChI=1S/C14H23BN2O3/c1-13(2)14(3,4)20-15(19-13)11-8-9-16-17(11)12-7-5-6-10-18-12/h8-9,12H,5-7,10H2,1-4H3/t12-/m0/s1. The van der Waals surface area contributed by atoms with Gasteiger partial charge in [0.25, 0.3) is 0 Å². The molecule has 6 heteroatoms. The lowest BCUT2D eigenvalue weighted by atomic mass is 9.84. The van der Waals surface area contributed by atoms with E-state index in [4.69, 9.17) is 14.0 Å². The Kier molecular flexibility index (Phi) is 3.43. The quantitative estimate of drug-likeness (QED) is 0.775. The molecule has 3 rings (SSSR count). The lowest BCUT2D eigenvalue weighted by Crippen LogP contribution is -2.42. The molecule has 110 valence electrons. The Bertz CT molecular complexity index is 465. The highest BCUT2D eigenvalue weighted by Gasteiger charge is 2.53. The van der Waals surface area contributed by atoms with Crippen molar-refractivity contribution in [3.63, 3.8) is 0 Å². The predicted molar refractivity (Wildman–Crippen MR) is 76.8 cm³/mol. The number of nitrogens with zero attached hydrogens (tertiary/aromatic N) is 2. The second kappa shape index (κ2) is 4.86. The van der Waals surface area contributed by atoms with Crippen LogP contribution in [0.2, 0.25) is 0 Å². The second-order valence-electron chi connectivity index (χ2n) is 6.61. The summed E-state index contributed by atoms with van der Waals surface area (Å²) in [7, 11) is -0.381. The molecular weight excluding hydrogens is 255 g/mol. The Morgan fingerprint density at radius 3 is 2.50 bits per heavy atom. The van der Waals surface area contributed by atoms with Gasteiger partial charge in [0, 0.05) is 12.8 Å². The fourth-order valence-electron chi connectivity index (χ4n) is 2.63. The number of rotatable bonds is 2. The van der Waals surface area contributed by atoms with Crippen LogP contribution in [0.5, 0.6) is 0 Å². The van der Waals surface area contributed by atoms with E-state index in [1.165, 1.54) is 6.42 Å². The van der Waals surface area contributed by atoms with Crippen molar-refractivity contribution in [1.82, 2.24) is 9.78 Å². The minimum atomic E-state index is -0.381. The minimum Gasteiger partial charge on any atom is -0.398 e. The van der Waals surface area contributed by atoms with E-state index >= 15 is 0 Å². The van der Waals surface area contributed by atoms with Gasteiger partial charge in [0.05, 0.1) is 16.8 Å². The van der Waals surface area contributed by atoms with Crippen LogP contribution in [0.1, 0.15) is 53.2 Å². The van der Waals surface area contributed by atoms with Crippen molar-refractivity contribution in [2.75, 3.05) is 6.61 Å². The molecule has 2 aliphatic rings. The van der Waals surface area contributed by atoms with Crippen molar-refractivity contribution in [1.29, 1.82) is 0 Å². The molecule has 1 aromatic rings. The summed E-state index contributed by atoms with van der Waals surface area (Å²) in [5.74, 6) is 0. The smallest absolute Gasteiger partial charge is 0.398 e. The van der Waals surface area contributed by atoms with Crippen LogP contribution >= 0.6 is 0 Å². The maximum atomic E-state index is 6.10. The van der Waals surface area contributed by atoms with Gasteiger partial charge in [-0.05, 0) is 53.0 Å². The zero-order valence-corrected chi connectivity index (χ0v) is 12.8. The predicted octanol–water partition coefficient (Wildman–Crippen LogP) is 1.88. The van der Waals surface area contributed by atoms with Gasteiger partial charge in [0.2, 0.25) is 0 Å². The fraction of sp³-hybridized carbons (Fsp3) is 0.786. The summed E-state index contributed by atoms with van der Waals surface area (Å²) >= 11 is 0. The van der Waals surface area contributed by atoms with Crippen LogP contribution in [-0.4, -0.2) is 34.7 Å². The van der Waals surface area contributed by atoms with Crippen LogP contribution in [0.4, 0.5) is 0 Å². The largest absolute Gasteiger partial charge is 0.514 e. The minimum absolute atomic E-state index is 0.00720. The van der Waals surface area contributed by atoms with Gasteiger partial charge in [0.15, 0.2) is 0 Å². The molecule has 1 atom stereocenters. The van der Waals surface area contributed by atoms with Crippen LogP contribution in [0.25, 0.3) is 0 Å². The van der Waals surface area contributed by atoms with Crippen LogP contribution in [0.15, 0.2) is 12.3 Å². The summed E-state index contributed by atoms with van der Waals surface area (Å²) in [6.07, 6.45) is 5.09. The van der Waals surface area contributed by atoms with Gasteiger partial charge < -0.3 is 14.0 Å². The van der Waals surface area contributed by atoms with Crippen LogP contribution in [-0.2, 0) is 14.0 Å². The molecule has 0 bridgehead atoms. The van der Waals surface area contributed by atoms with E-state index in [0.717, 1.165) is 25.0 Å². The summed E-state index contributed by atoms with van der Waals surface area (Å²) in [5.41, 5.74) is 0.274. The first-order valence-electron chi connectivity index (χ1n) is 7.41.